The number of allylic oxidation sites excluding steroid dienone is 5. The molecule has 1 rings (SSSR count). The maximum absolute atomic E-state index is 4.05. The maximum Gasteiger partial charge on any atom is -0.00877 e. The predicted octanol–water partition coefficient (Wildman–Crippen LogP) is 6.16. The van der Waals surface area contributed by atoms with E-state index in [1.807, 2.05) is 0 Å². The molecule has 0 N–H and O–H groups in total. The van der Waals surface area contributed by atoms with E-state index in [9.17, 15) is 0 Å². The maximum atomic E-state index is 4.05. The van der Waals surface area contributed by atoms with Crippen molar-refractivity contribution >= 4 is 0 Å². The summed E-state index contributed by atoms with van der Waals surface area (Å²) in [6.07, 6.45) is 6.12. The standard InChI is InChI=1S/C19H32/c1-10-16-12-17(19(8,9)18(16,6)7)15(5)11-14(4)13(2)3/h11-12,15,17H,2,10H2,1,3-9H3/b14-11+. The van der Waals surface area contributed by atoms with Gasteiger partial charge in [0.05, 0.1) is 0 Å². The van der Waals surface area contributed by atoms with Crippen molar-refractivity contribution in [2.24, 2.45) is 22.7 Å². The normalized spacial score (nSPS) is 27.1. The first-order valence-electron chi connectivity index (χ1n) is 7.61. The molecule has 0 bridgehead atoms. The van der Waals surface area contributed by atoms with Gasteiger partial charge < -0.3 is 0 Å². The van der Waals surface area contributed by atoms with Crippen LogP contribution in [-0.2, 0) is 0 Å². The van der Waals surface area contributed by atoms with E-state index >= 15 is 0 Å². The predicted molar refractivity (Wildman–Crippen MR) is 87.2 cm³/mol. The summed E-state index contributed by atoms with van der Waals surface area (Å²) in [5.41, 5.74) is 4.74. The van der Waals surface area contributed by atoms with Gasteiger partial charge in [-0.2, -0.15) is 0 Å². The topological polar surface area (TPSA) is 0 Å². The van der Waals surface area contributed by atoms with Crippen LogP contribution in [0, 0.1) is 22.7 Å². The highest BCUT2D eigenvalue weighted by atomic mass is 14.5. The van der Waals surface area contributed by atoms with Crippen LogP contribution in [0.4, 0.5) is 0 Å². The summed E-state index contributed by atoms with van der Waals surface area (Å²) >= 11 is 0. The SMILES string of the molecule is C=C(C)/C(C)=C/C(C)C1C=C(CC)C(C)(C)C1(C)C. The van der Waals surface area contributed by atoms with Crippen molar-refractivity contribution in [3.63, 3.8) is 0 Å². The molecule has 0 aromatic rings. The van der Waals surface area contributed by atoms with E-state index in [2.05, 4.69) is 74.1 Å². The molecule has 0 amide bonds. The summed E-state index contributed by atoms with van der Waals surface area (Å²) in [5.74, 6) is 1.18. The third-order valence-electron chi connectivity index (χ3n) is 5.76. The zero-order valence-corrected chi connectivity index (χ0v) is 14.2. The lowest BCUT2D eigenvalue weighted by atomic mass is 9.61. The van der Waals surface area contributed by atoms with Crippen LogP contribution < -0.4 is 0 Å². The van der Waals surface area contributed by atoms with Gasteiger partial charge in [-0.1, -0.05) is 77.0 Å². The van der Waals surface area contributed by atoms with Gasteiger partial charge in [-0.3, -0.25) is 0 Å². The average molecular weight is 260 g/mol. The van der Waals surface area contributed by atoms with Crippen molar-refractivity contribution in [2.45, 2.75) is 61.8 Å². The second-order valence-electron chi connectivity index (χ2n) is 7.41. The molecule has 0 heterocycles. The van der Waals surface area contributed by atoms with E-state index in [-0.39, 0.29) is 0 Å². The van der Waals surface area contributed by atoms with Crippen molar-refractivity contribution in [1.29, 1.82) is 0 Å². The average Bonchev–Trinajstić information content (AvgIpc) is 2.45. The van der Waals surface area contributed by atoms with Crippen LogP contribution in [0.3, 0.4) is 0 Å². The van der Waals surface area contributed by atoms with Crippen molar-refractivity contribution in [1.82, 2.24) is 0 Å². The smallest absolute Gasteiger partial charge is 0.00877 e. The fourth-order valence-electron chi connectivity index (χ4n) is 3.47. The largest absolute Gasteiger partial charge is 0.0959 e. The van der Waals surface area contributed by atoms with Crippen molar-refractivity contribution in [2.75, 3.05) is 0 Å². The van der Waals surface area contributed by atoms with Crippen LogP contribution in [0.25, 0.3) is 0 Å². The Hall–Kier alpha value is -0.780. The summed E-state index contributed by atoms with van der Waals surface area (Å²) in [5, 5.41) is 0. The quantitative estimate of drug-likeness (QED) is 0.419. The second kappa shape index (κ2) is 5.31. The van der Waals surface area contributed by atoms with E-state index < -0.39 is 0 Å². The molecule has 0 heteroatoms. The Morgan fingerprint density at radius 1 is 1.32 bits per heavy atom. The van der Waals surface area contributed by atoms with Gasteiger partial charge in [0.1, 0.15) is 0 Å². The van der Waals surface area contributed by atoms with Crippen molar-refractivity contribution in [3.05, 3.63) is 35.5 Å². The lowest BCUT2D eigenvalue weighted by Gasteiger charge is -2.43. The number of hydrogen-bond donors (Lipinski definition) is 0. The highest BCUT2D eigenvalue weighted by Crippen LogP contribution is 2.58. The molecule has 2 unspecified atom stereocenters. The molecule has 0 saturated carbocycles. The van der Waals surface area contributed by atoms with Crippen LogP contribution in [-0.4, -0.2) is 0 Å². The molecule has 2 atom stereocenters. The third kappa shape index (κ3) is 2.73. The van der Waals surface area contributed by atoms with Gasteiger partial charge in [-0.15, -0.1) is 0 Å². The Balaban J connectivity index is 3.11. The number of rotatable bonds is 4. The van der Waals surface area contributed by atoms with E-state index in [0.29, 0.717) is 22.7 Å². The minimum Gasteiger partial charge on any atom is -0.0959 e. The van der Waals surface area contributed by atoms with E-state index in [4.69, 9.17) is 0 Å². The van der Waals surface area contributed by atoms with Gasteiger partial charge in [0, 0.05) is 0 Å². The molecule has 1 aliphatic carbocycles. The fourth-order valence-corrected chi connectivity index (χ4v) is 3.47. The summed E-state index contributed by atoms with van der Waals surface area (Å²) in [6, 6.07) is 0. The molecule has 0 nitrogen and oxygen atoms in total. The van der Waals surface area contributed by atoms with Gasteiger partial charge in [0.15, 0.2) is 0 Å². The molecule has 108 valence electrons. The first-order valence-corrected chi connectivity index (χ1v) is 7.61. The zero-order chi connectivity index (χ0) is 15.0. The molecule has 0 spiro atoms. The molecule has 0 saturated heterocycles. The molecule has 19 heavy (non-hydrogen) atoms. The molecule has 0 aromatic heterocycles. The molecule has 0 fully saturated rings. The number of hydrogen-bond acceptors (Lipinski definition) is 0. The Morgan fingerprint density at radius 3 is 2.21 bits per heavy atom. The van der Waals surface area contributed by atoms with Crippen LogP contribution in [0.5, 0.6) is 0 Å². The summed E-state index contributed by atoms with van der Waals surface area (Å²) in [4.78, 5) is 0. The molecule has 0 aliphatic heterocycles. The van der Waals surface area contributed by atoms with Crippen LogP contribution in [0.15, 0.2) is 35.5 Å². The van der Waals surface area contributed by atoms with Crippen molar-refractivity contribution in [3.8, 4) is 0 Å². The first-order chi connectivity index (χ1) is 8.55. The van der Waals surface area contributed by atoms with Crippen LogP contribution >= 0.6 is 0 Å². The fraction of sp³-hybridized carbons (Fsp3) is 0.684. The minimum absolute atomic E-state index is 0.297. The zero-order valence-electron chi connectivity index (χ0n) is 14.2. The van der Waals surface area contributed by atoms with Gasteiger partial charge in [0.2, 0.25) is 0 Å². The Kier molecular flexibility index (Phi) is 4.55. The van der Waals surface area contributed by atoms with Gasteiger partial charge in [0.25, 0.3) is 0 Å². The Labute approximate surface area is 120 Å². The highest BCUT2D eigenvalue weighted by molar-refractivity contribution is 5.30. The summed E-state index contributed by atoms with van der Waals surface area (Å²) < 4.78 is 0. The molecular formula is C19H32. The minimum atomic E-state index is 0.297. The van der Waals surface area contributed by atoms with Crippen LogP contribution in [0.1, 0.15) is 61.8 Å². The summed E-state index contributed by atoms with van der Waals surface area (Å²) in [6.45, 7) is 22.6. The monoisotopic (exact) mass is 260 g/mol. The Bertz CT molecular complexity index is 415. The first kappa shape index (κ1) is 16.3. The highest BCUT2D eigenvalue weighted by Gasteiger charge is 2.49. The lowest BCUT2D eigenvalue weighted by Crippen LogP contribution is -2.36. The molecular weight excluding hydrogens is 228 g/mol. The van der Waals surface area contributed by atoms with E-state index in [1.54, 1.807) is 5.57 Å². The van der Waals surface area contributed by atoms with Gasteiger partial charge in [-0.25, -0.2) is 0 Å². The van der Waals surface area contributed by atoms with E-state index in [0.717, 1.165) is 0 Å². The lowest BCUT2D eigenvalue weighted by molar-refractivity contribution is 0.101. The summed E-state index contributed by atoms with van der Waals surface area (Å²) in [7, 11) is 0. The van der Waals surface area contributed by atoms with Gasteiger partial charge in [-0.05, 0) is 42.9 Å². The second-order valence-corrected chi connectivity index (χ2v) is 7.41. The molecule has 0 aromatic carbocycles. The van der Waals surface area contributed by atoms with Crippen molar-refractivity contribution < 1.29 is 0 Å². The Morgan fingerprint density at radius 2 is 1.84 bits per heavy atom. The van der Waals surface area contributed by atoms with Crippen LogP contribution in [0.2, 0.25) is 0 Å². The van der Waals surface area contributed by atoms with E-state index in [1.165, 1.54) is 17.6 Å². The molecule has 0 radical (unpaired) electrons. The van der Waals surface area contributed by atoms with Gasteiger partial charge >= 0.3 is 0 Å². The third-order valence-corrected chi connectivity index (χ3v) is 5.76. The molecule has 1 aliphatic rings.